The van der Waals surface area contributed by atoms with Crippen molar-refractivity contribution in [3.05, 3.63) is 42.1 Å². The molecule has 0 bridgehead atoms. The van der Waals surface area contributed by atoms with Gasteiger partial charge in [0.25, 0.3) is 0 Å². The molecule has 2 aliphatic heterocycles. The van der Waals surface area contributed by atoms with Crippen LogP contribution in [0.3, 0.4) is 0 Å². The van der Waals surface area contributed by atoms with Gasteiger partial charge < -0.3 is 16.0 Å². The highest BCUT2D eigenvalue weighted by Gasteiger charge is 2.52. The minimum atomic E-state index is -0.318. The molecule has 8 nitrogen and oxygen atoms in total. The Hall–Kier alpha value is -2.36. The molecule has 2 saturated heterocycles. The van der Waals surface area contributed by atoms with Crippen molar-refractivity contribution in [1.29, 1.82) is 0 Å². The van der Waals surface area contributed by atoms with E-state index in [-0.39, 0.29) is 40.1 Å². The first-order chi connectivity index (χ1) is 16.2. The molecule has 2 aromatic rings. The Morgan fingerprint density at radius 2 is 1.94 bits per heavy atom. The highest BCUT2D eigenvalue weighted by molar-refractivity contribution is 8.01. The molecule has 4 atom stereocenters. The molecule has 3 N–H and O–H groups in total. The minimum absolute atomic E-state index is 0.000278. The second kappa shape index (κ2) is 10.1. The summed E-state index contributed by atoms with van der Waals surface area (Å²) in [7, 11) is 1.79. The Kier molecular flexibility index (Phi) is 7.35. The molecule has 1 unspecified atom stereocenters. The maximum Gasteiger partial charge on any atom is 0.244 e. The number of aryl methyl sites for hydroxylation is 1. The van der Waals surface area contributed by atoms with E-state index in [1.165, 1.54) is 0 Å². The predicted molar refractivity (Wildman–Crippen MR) is 137 cm³/mol. The smallest absolute Gasteiger partial charge is 0.244 e. The average molecular weight is 485 g/mol. The molecule has 1 aromatic carbocycles. The number of thioether (sulfide) groups is 1. The third-order valence-corrected chi connectivity index (χ3v) is 8.35. The summed E-state index contributed by atoms with van der Waals surface area (Å²) in [5, 5.41) is 14.2. The van der Waals surface area contributed by atoms with Crippen LogP contribution < -0.4 is 16.0 Å². The number of nitrogens with zero attached hydrogens (tertiary/aromatic N) is 3. The molecular formula is C25H36N6O2S. The van der Waals surface area contributed by atoms with Crippen molar-refractivity contribution >= 4 is 29.4 Å². The summed E-state index contributed by atoms with van der Waals surface area (Å²) in [6.07, 6.45) is 2.95. The van der Waals surface area contributed by atoms with E-state index in [2.05, 4.69) is 39.8 Å². The summed E-state index contributed by atoms with van der Waals surface area (Å²) in [6.45, 7) is 8.74. The lowest BCUT2D eigenvalue weighted by Crippen LogP contribution is -2.55. The van der Waals surface area contributed by atoms with Gasteiger partial charge in [-0.3, -0.25) is 14.5 Å². The van der Waals surface area contributed by atoms with Gasteiger partial charge >= 0.3 is 0 Å². The minimum Gasteiger partial charge on any atom is -0.351 e. The number of carbonyl (C=O) groups excluding carboxylic acids is 2. The Labute approximate surface area is 206 Å². The highest BCUT2D eigenvalue weighted by atomic mass is 32.2. The number of fused-ring (bicyclic) bond motifs is 1. The number of carbonyl (C=O) groups is 2. The summed E-state index contributed by atoms with van der Waals surface area (Å²) in [5.41, 5.74) is 1.74. The number of benzene rings is 1. The van der Waals surface area contributed by atoms with E-state index < -0.39 is 0 Å². The number of anilines is 1. The van der Waals surface area contributed by atoms with Crippen LogP contribution in [0.25, 0.3) is 5.69 Å². The van der Waals surface area contributed by atoms with Gasteiger partial charge in [0.05, 0.1) is 22.8 Å². The number of nitrogens with one attached hydrogen (secondary N) is 3. The number of amides is 2. The van der Waals surface area contributed by atoms with Gasteiger partial charge in [-0.25, -0.2) is 4.68 Å². The summed E-state index contributed by atoms with van der Waals surface area (Å²) >= 11 is 1.87. The summed E-state index contributed by atoms with van der Waals surface area (Å²) < 4.78 is 1.52. The molecule has 9 heteroatoms. The maximum absolute atomic E-state index is 13.8. The fourth-order valence-electron chi connectivity index (χ4n) is 4.97. The molecule has 2 aliphatic rings. The summed E-state index contributed by atoms with van der Waals surface area (Å²) in [6, 6.07) is 11.2. The van der Waals surface area contributed by atoms with E-state index in [9.17, 15) is 9.59 Å². The van der Waals surface area contributed by atoms with Gasteiger partial charge in [-0.15, -0.1) is 11.8 Å². The van der Waals surface area contributed by atoms with E-state index in [4.69, 9.17) is 0 Å². The summed E-state index contributed by atoms with van der Waals surface area (Å²) in [5.74, 6) is 0.633. The van der Waals surface area contributed by atoms with Crippen LogP contribution in [-0.2, 0) is 9.59 Å². The van der Waals surface area contributed by atoms with Gasteiger partial charge in [0.15, 0.2) is 0 Å². The normalized spacial score (nSPS) is 25.3. The Morgan fingerprint density at radius 1 is 1.21 bits per heavy atom. The van der Waals surface area contributed by atoms with Gasteiger partial charge in [0.2, 0.25) is 11.8 Å². The average Bonchev–Trinajstić information content (AvgIpc) is 3.21. The number of para-hydroxylation sites is 1. The van der Waals surface area contributed by atoms with Crippen LogP contribution in [-0.4, -0.2) is 68.3 Å². The van der Waals surface area contributed by atoms with Crippen LogP contribution in [0, 0.1) is 6.92 Å². The lowest BCUT2D eigenvalue weighted by atomic mass is 10.00. The molecule has 0 aliphatic carbocycles. The third kappa shape index (κ3) is 5.16. The molecule has 0 spiro atoms. The number of hydrogen-bond donors (Lipinski definition) is 3. The second-order valence-electron chi connectivity index (χ2n) is 9.83. The summed E-state index contributed by atoms with van der Waals surface area (Å²) in [4.78, 5) is 28.6. The molecule has 34 heavy (non-hydrogen) atoms. The number of rotatable bonds is 6. The monoisotopic (exact) mass is 484 g/mol. The first-order valence-electron chi connectivity index (χ1n) is 12.0. The Bertz CT molecular complexity index is 1020. The van der Waals surface area contributed by atoms with Crippen molar-refractivity contribution < 1.29 is 9.59 Å². The number of hydrogen-bond acceptors (Lipinski definition) is 6. The van der Waals surface area contributed by atoms with Gasteiger partial charge in [0.1, 0.15) is 11.9 Å². The molecule has 0 radical (unpaired) electrons. The van der Waals surface area contributed by atoms with Gasteiger partial charge in [-0.1, -0.05) is 18.2 Å². The van der Waals surface area contributed by atoms with Crippen molar-refractivity contribution in [3.8, 4) is 5.69 Å². The van der Waals surface area contributed by atoms with Crippen molar-refractivity contribution in [2.45, 2.75) is 75.2 Å². The van der Waals surface area contributed by atoms with Crippen LogP contribution in [0.4, 0.5) is 5.82 Å². The van der Waals surface area contributed by atoms with Crippen molar-refractivity contribution in [2.24, 2.45) is 0 Å². The molecular weight excluding hydrogens is 448 g/mol. The Balaban J connectivity index is 1.55. The van der Waals surface area contributed by atoms with Gasteiger partial charge in [-0.05, 0) is 66.1 Å². The SMILES string of the molecule is CN[C@@H](C)C(=O)NC1CCC[C@H]2SC(C)(C)[C@@H](C(=O)Nc3cc(C)nn3-c3ccccc3)N2C1. The second-order valence-corrected chi connectivity index (χ2v) is 11.7. The zero-order chi connectivity index (χ0) is 24.5. The topological polar surface area (TPSA) is 91.3 Å². The van der Waals surface area contributed by atoms with E-state index >= 15 is 0 Å². The molecule has 4 rings (SSSR count). The zero-order valence-electron chi connectivity index (χ0n) is 20.7. The quantitative estimate of drug-likeness (QED) is 0.584. The first-order valence-corrected chi connectivity index (χ1v) is 12.9. The highest BCUT2D eigenvalue weighted by Crippen LogP contribution is 2.47. The van der Waals surface area contributed by atoms with Crippen LogP contribution >= 0.6 is 11.8 Å². The lowest BCUT2D eigenvalue weighted by molar-refractivity contribution is -0.123. The molecule has 3 heterocycles. The number of likely N-dealkylation sites (N-methyl/N-ethyl adjacent to an activating group) is 1. The van der Waals surface area contributed by atoms with E-state index in [1.54, 1.807) is 11.7 Å². The van der Waals surface area contributed by atoms with Crippen LogP contribution in [0.1, 0.15) is 45.7 Å². The first kappa shape index (κ1) is 24.8. The van der Waals surface area contributed by atoms with Crippen LogP contribution in [0.15, 0.2) is 36.4 Å². The molecule has 0 saturated carbocycles. The molecule has 2 fully saturated rings. The lowest BCUT2D eigenvalue weighted by Gasteiger charge is -2.33. The predicted octanol–water partition coefficient (Wildman–Crippen LogP) is 2.92. The number of aromatic nitrogens is 2. The third-order valence-electron chi connectivity index (χ3n) is 6.74. The fraction of sp³-hybridized carbons (Fsp3) is 0.560. The fourth-order valence-corrected chi connectivity index (χ4v) is 6.67. The van der Waals surface area contributed by atoms with Crippen LogP contribution in [0.2, 0.25) is 0 Å². The van der Waals surface area contributed by atoms with E-state index in [0.29, 0.717) is 12.4 Å². The maximum atomic E-state index is 13.8. The molecule has 2 amide bonds. The standard InChI is InChI=1S/C25H36N6O2S/c1-16-14-20(31(29-16)19-11-7-6-8-12-19)28-24(33)22-25(3,4)34-21-13-9-10-18(15-30(21)22)27-23(32)17(2)26-5/h6-8,11-12,14,17-18,21-22,26H,9-10,13,15H2,1-5H3,(H,27,32)(H,28,33)/t17-,18?,21+,22+/m0/s1. The van der Waals surface area contributed by atoms with E-state index in [0.717, 1.165) is 30.6 Å². The van der Waals surface area contributed by atoms with Gasteiger partial charge in [0, 0.05) is 23.4 Å². The van der Waals surface area contributed by atoms with Crippen molar-refractivity contribution in [1.82, 2.24) is 25.3 Å². The largest absolute Gasteiger partial charge is 0.351 e. The van der Waals surface area contributed by atoms with Crippen molar-refractivity contribution in [2.75, 3.05) is 18.9 Å². The van der Waals surface area contributed by atoms with E-state index in [1.807, 2.05) is 62.0 Å². The molecule has 184 valence electrons. The molecule has 1 aromatic heterocycles. The van der Waals surface area contributed by atoms with Gasteiger partial charge in [-0.2, -0.15) is 5.10 Å². The van der Waals surface area contributed by atoms with Crippen molar-refractivity contribution in [3.63, 3.8) is 0 Å². The zero-order valence-corrected chi connectivity index (χ0v) is 21.5. The Morgan fingerprint density at radius 3 is 2.65 bits per heavy atom. The van der Waals surface area contributed by atoms with Crippen LogP contribution in [0.5, 0.6) is 0 Å².